The molecule has 0 saturated carbocycles. The molecule has 1 heterocycles. The largest absolute Gasteiger partial charge is 2.00 e. The molecule has 0 atom stereocenters. The van der Waals surface area contributed by atoms with Crippen LogP contribution in [0.25, 0.3) is 0 Å². The summed E-state index contributed by atoms with van der Waals surface area (Å²) in [5.41, 5.74) is 2.53. The number of benzene rings is 2. The van der Waals surface area contributed by atoms with Gasteiger partial charge in [0.05, 0.1) is 5.69 Å². The topological polar surface area (TPSA) is 37.6 Å². The fourth-order valence-electron chi connectivity index (χ4n) is 1.83. The minimum atomic E-state index is 0. The van der Waals surface area contributed by atoms with Crippen LogP contribution in [0.15, 0.2) is 76.8 Å². The van der Waals surface area contributed by atoms with Crippen molar-refractivity contribution in [3.05, 3.63) is 90.1 Å². The van der Waals surface area contributed by atoms with Crippen molar-refractivity contribution >= 4 is 23.9 Å². The third-order valence-corrected chi connectivity index (χ3v) is 2.90. The molecule has 0 aliphatic rings. The van der Waals surface area contributed by atoms with Gasteiger partial charge in [0.1, 0.15) is 0 Å². The average Bonchev–Trinajstić information content (AvgIpc) is 2.61. The molecular weight excluding hydrogens is 465 g/mol. The minimum absolute atomic E-state index is 0. The number of pyridine rings is 1. The second-order valence-corrected chi connectivity index (χ2v) is 4.50. The Hall–Kier alpha value is -2.38. The molecule has 0 spiro atoms. The van der Waals surface area contributed by atoms with Gasteiger partial charge in [-0.2, -0.15) is 0 Å². The van der Waals surface area contributed by atoms with Gasteiger partial charge >= 0.3 is 21.1 Å². The molecule has 0 aliphatic heterocycles. The van der Waals surface area contributed by atoms with Gasteiger partial charge in [-0.1, -0.05) is 0 Å². The van der Waals surface area contributed by atoms with Gasteiger partial charge in [-0.25, -0.2) is 4.98 Å². The standard InChI is InChI=1S/C19H13N3.Pt/c1-3-8-16(9-4-1)14-21-18-12-7-13-20-19(18)22-15-17-10-5-2-6-11-17;/h1-8,10,12-15H;/q-2;+2. The van der Waals surface area contributed by atoms with E-state index in [1.54, 1.807) is 18.6 Å². The molecule has 3 aromatic rings. The van der Waals surface area contributed by atoms with E-state index in [0.717, 1.165) is 11.1 Å². The molecule has 2 aromatic carbocycles. The summed E-state index contributed by atoms with van der Waals surface area (Å²) >= 11 is 0. The van der Waals surface area contributed by atoms with Gasteiger partial charge in [-0.15, -0.1) is 71.8 Å². The molecule has 1 aromatic heterocycles. The molecule has 0 radical (unpaired) electrons. The summed E-state index contributed by atoms with van der Waals surface area (Å²) in [6.45, 7) is 0. The Bertz CT molecular complexity index is 715. The Kier molecular flexibility index (Phi) is 6.58. The van der Waals surface area contributed by atoms with E-state index in [9.17, 15) is 0 Å². The van der Waals surface area contributed by atoms with Crippen LogP contribution >= 0.6 is 0 Å². The van der Waals surface area contributed by atoms with Crippen molar-refractivity contribution in [3.8, 4) is 0 Å². The average molecular weight is 478 g/mol. The third kappa shape index (κ3) is 5.08. The van der Waals surface area contributed by atoms with Crippen molar-refractivity contribution in [2.24, 2.45) is 9.98 Å². The summed E-state index contributed by atoms with van der Waals surface area (Å²) < 4.78 is 0. The summed E-state index contributed by atoms with van der Waals surface area (Å²) in [6, 6.07) is 25.3. The van der Waals surface area contributed by atoms with Crippen molar-refractivity contribution in [1.29, 1.82) is 0 Å². The normalized spacial score (nSPS) is 10.8. The van der Waals surface area contributed by atoms with Gasteiger partial charge in [0, 0.05) is 6.20 Å². The number of hydrogen-bond donors (Lipinski definition) is 0. The zero-order chi connectivity index (χ0) is 15.0. The van der Waals surface area contributed by atoms with Gasteiger partial charge in [0.2, 0.25) is 0 Å². The van der Waals surface area contributed by atoms with E-state index in [-0.39, 0.29) is 21.1 Å². The molecule has 0 aliphatic carbocycles. The molecule has 114 valence electrons. The van der Waals surface area contributed by atoms with Crippen molar-refractivity contribution in [3.63, 3.8) is 0 Å². The van der Waals surface area contributed by atoms with E-state index in [4.69, 9.17) is 0 Å². The molecule has 3 rings (SSSR count). The van der Waals surface area contributed by atoms with Crippen LogP contribution in [0, 0.1) is 12.1 Å². The quantitative estimate of drug-likeness (QED) is 0.410. The van der Waals surface area contributed by atoms with E-state index in [1.165, 1.54) is 0 Å². The van der Waals surface area contributed by atoms with E-state index < -0.39 is 0 Å². The van der Waals surface area contributed by atoms with Crippen molar-refractivity contribution in [1.82, 2.24) is 4.98 Å². The van der Waals surface area contributed by atoms with E-state index in [1.807, 2.05) is 60.7 Å². The second kappa shape index (κ2) is 8.92. The van der Waals surface area contributed by atoms with E-state index in [0.29, 0.717) is 11.5 Å². The van der Waals surface area contributed by atoms with Crippen molar-refractivity contribution in [2.75, 3.05) is 0 Å². The van der Waals surface area contributed by atoms with Gasteiger partial charge in [0.15, 0.2) is 5.82 Å². The molecule has 0 unspecified atom stereocenters. The Morgan fingerprint density at radius 3 is 2.04 bits per heavy atom. The van der Waals surface area contributed by atoms with Crippen LogP contribution in [0.3, 0.4) is 0 Å². The molecular formula is C19H13N3Pt. The fraction of sp³-hybridized carbons (Fsp3) is 0. The first-order valence-electron chi connectivity index (χ1n) is 6.88. The second-order valence-electron chi connectivity index (χ2n) is 4.50. The van der Waals surface area contributed by atoms with Gasteiger partial charge in [-0.3, -0.25) is 4.99 Å². The molecule has 0 bridgehead atoms. The molecule has 3 nitrogen and oxygen atoms in total. The maximum atomic E-state index is 4.45. The summed E-state index contributed by atoms with van der Waals surface area (Å²) in [4.78, 5) is 13.1. The smallest absolute Gasteiger partial charge is 0.301 e. The predicted molar refractivity (Wildman–Crippen MR) is 89.3 cm³/mol. The first kappa shape index (κ1) is 17.0. The van der Waals surface area contributed by atoms with Crippen LogP contribution in [0.2, 0.25) is 0 Å². The van der Waals surface area contributed by atoms with Crippen LogP contribution < -0.4 is 0 Å². The van der Waals surface area contributed by atoms with Crippen molar-refractivity contribution < 1.29 is 21.1 Å². The van der Waals surface area contributed by atoms with E-state index in [2.05, 4.69) is 27.1 Å². The summed E-state index contributed by atoms with van der Waals surface area (Å²) in [7, 11) is 0. The van der Waals surface area contributed by atoms with E-state index >= 15 is 0 Å². The Morgan fingerprint density at radius 1 is 0.783 bits per heavy atom. The fourth-order valence-corrected chi connectivity index (χ4v) is 1.83. The Morgan fingerprint density at radius 2 is 1.43 bits per heavy atom. The molecule has 0 amide bonds. The minimum Gasteiger partial charge on any atom is -0.301 e. The van der Waals surface area contributed by atoms with Crippen LogP contribution in [0.1, 0.15) is 11.1 Å². The van der Waals surface area contributed by atoms with Crippen LogP contribution in [0.5, 0.6) is 0 Å². The monoisotopic (exact) mass is 478 g/mol. The first-order valence-corrected chi connectivity index (χ1v) is 6.88. The van der Waals surface area contributed by atoms with Crippen LogP contribution in [0.4, 0.5) is 11.5 Å². The zero-order valence-corrected chi connectivity index (χ0v) is 14.4. The summed E-state index contributed by atoms with van der Waals surface area (Å²) in [5.74, 6) is 0.576. The predicted octanol–water partition coefficient (Wildman–Crippen LogP) is 4.18. The molecule has 4 heteroatoms. The molecule has 0 saturated heterocycles. The number of aliphatic imine (C=N–C) groups is 2. The molecule has 23 heavy (non-hydrogen) atoms. The van der Waals surface area contributed by atoms with Crippen molar-refractivity contribution in [2.45, 2.75) is 0 Å². The van der Waals surface area contributed by atoms with Crippen LogP contribution in [-0.4, -0.2) is 17.4 Å². The first-order chi connectivity index (χ1) is 10.9. The maximum Gasteiger partial charge on any atom is 2.00 e. The van der Waals surface area contributed by atoms with Gasteiger partial charge < -0.3 is 4.99 Å². The van der Waals surface area contributed by atoms with Gasteiger partial charge in [-0.05, 0) is 24.6 Å². The van der Waals surface area contributed by atoms with Gasteiger partial charge in [0.25, 0.3) is 0 Å². The zero-order valence-electron chi connectivity index (χ0n) is 12.2. The summed E-state index contributed by atoms with van der Waals surface area (Å²) in [6.07, 6.45) is 5.19. The number of aromatic nitrogens is 1. The molecule has 0 fully saturated rings. The Labute approximate surface area is 150 Å². The number of hydrogen-bond acceptors (Lipinski definition) is 3. The Balaban J connectivity index is 0.00000192. The van der Waals surface area contributed by atoms with Crippen LogP contribution in [-0.2, 0) is 21.1 Å². The third-order valence-electron chi connectivity index (χ3n) is 2.90. The number of rotatable bonds is 4. The maximum absolute atomic E-state index is 4.45. The molecule has 0 N–H and O–H groups in total. The SMILES string of the molecule is [Pt+2].[c-]1ccccc1C=Nc1cccnc1N=Cc1[c-]cccc1. The summed E-state index contributed by atoms with van der Waals surface area (Å²) in [5, 5.41) is 0. The number of nitrogens with zero attached hydrogens (tertiary/aromatic N) is 3.